The topological polar surface area (TPSA) is 126 Å². The van der Waals surface area contributed by atoms with Gasteiger partial charge in [-0.2, -0.15) is 0 Å². The third-order valence-electron chi connectivity index (χ3n) is 8.72. The zero-order valence-electron chi connectivity index (χ0n) is 23.6. The minimum absolute atomic E-state index is 0.0377. The van der Waals surface area contributed by atoms with E-state index < -0.39 is 25.9 Å². The van der Waals surface area contributed by atoms with Gasteiger partial charge in [-0.15, -0.1) is 0 Å². The first kappa shape index (κ1) is 29.5. The van der Waals surface area contributed by atoms with Crippen LogP contribution in [0.15, 0.2) is 18.2 Å². The lowest BCUT2D eigenvalue weighted by Crippen LogP contribution is -2.46. The summed E-state index contributed by atoms with van der Waals surface area (Å²) in [6.45, 7) is 6.49. The summed E-state index contributed by atoms with van der Waals surface area (Å²) in [4.78, 5) is 54.2. The number of likely N-dealkylation sites (tertiary alicyclic amines) is 1. The highest BCUT2D eigenvalue weighted by Gasteiger charge is 2.66. The maximum atomic E-state index is 14.3. The minimum atomic E-state index is -2.92. The van der Waals surface area contributed by atoms with Gasteiger partial charge >= 0.3 is 5.97 Å². The molecular weight excluding hydrogens is 520 g/mol. The number of unbranched alkanes of at least 4 members (excludes halogenated alkanes) is 1. The van der Waals surface area contributed by atoms with Gasteiger partial charge in [0.05, 0.1) is 45.1 Å². The number of methoxy groups -OCH3 is 2. The van der Waals surface area contributed by atoms with E-state index in [0.29, 0.717) is 42.9 Å². The molecule has 2 amide bonds. The number of aliphatic hydroxyl groups is 1. The van der Waals surface area contributed by atoms with Crippen molar-refractivity contribution in [1.29, 1.82) is 0 Å². The van der Waals surface area contributed by atoms with E-state index in [1.54, 1.807) is 23.0 Å². The molecule has 2 saturated heterocycles. The maximum Gasteiger partial charge on any atom is 0.305 e. The van der Waals surface area contributed by atoms with Gasteiger partial charge < -0.3 is 33.9 Å². The van der Waals surface area contributed by atoms with Crippen LogP contribution in [0.4, 0.5) is 5.69 Å². The molecule has 0 aromatic heterocycles. The zero-order chi connectivity index (χ0) is 28.5. The first-order valence-corrected chi connectivity index (χ1v) is 16.9. The van der Waals surface area contributed by atoms with E-state index in [2.05, 4.69) is 0 Å². The zero-order valence-corrected chi connectivity index (χ0v) is 24.6. The van der Waals surface area contributed by atoms with Crippen LogP contribution in [0.5, 0.6) is 5.75 Å². The lowest BCUT2D eigenvalue weighted by molar-refractivity contribution is -0.150. The Kier molecular flexibility index (Phi) is 8.75. The number of esters is 1. The van der Waals surface area contributed by atoms with Gasteiger partial charge in [0.15, 0.2) is 13.9 Å². The molecule has 39 heavy (non-hydrogen) atoms. The summed E-state index contributed by atoms with van der Waals surface area (Å²) in [7, 11) is 0.00587. The third-order valence-corrected chi connectivity index (χ3v) is 11.2. The molecule has 1 spiro atoms. The first-order valence-electron chi connectivity index (χ1n) is 13.9. The molecule has 0 bridgehead atoms. The number of fused-ring (bicyclic) bond motifs is 2. The highest BCUT2D eigenvalue weighted by molar-refractivity contribution is 6.71. The molecule has 0 saturated carbocycles. The molecule has 3 heterocycles. The predicted molar refractivity (Wildman–Crippen MR) is 147 cm³/mol. The van der Waals surface area contributed by atoms with E-state index in [1.165, 1.54) is 7.11 Å². The Balaban J connectivity index is 1.67. The van der Waals surface area contributed by atoms with Gasteiger partial charge in [0.2, 0.25) is 5.91 Å². The standard InChI is InChI=1S/C28H42N2O8Si/c1-18-26(39(4,5)35)23(16-24(32)29-14-8-9-19(29)17-31)38-28(18)21-15-20(36-2)11-12-22(21)30(27(28)34)13-7-6-10-25(33)37-3/h11-12,15,18-19,23,26,31,35H,6-10,13-14,16-17H2,1-5H3/t18-,19-,23+,26-,28+/m0/s1. The molecule has 0 aliphatic carbocycles. The van der Waals surface area contributed by atoms with Gasteiger partial charge in [0.1, 0.15) is 5.75 Å². The minimum Gasteiger partial charge on any atom is -0.497 e. The second-order valence-corrected chi connectivity index (χ2v) is 15.5. The number of aliphatic hydroxyl groups excluding tert-OH is 1. The highest BCUT2D eigenvalue weighted by atomic mass is 28.4. The second kappa shape index (κ2) is 11.6. The molecule has 2 fully saturated rings. The summed E-state index contributed by atoms with van der Waals surface area (Å²) in [5, 5.41) is 9.75. The normalized spacial score (nSPS) is 28.3. The fourth-order valence-electron chi connectivity index (χ4n) is 6.89. The lowest BCUT2D eigenvalue weighted by Gasteiger charge is -2.32. The Morgan fingerprint density at radius 2 is 1.97 bits per heavy atom. The summed E-state index contributed by atoms with van der Waals surface area (Å²) in [6, 6.07) is 5.27. The molecule has 1 aromatic carbocycles. The molecule has 1 aromatic rings. The van der Waals surface area contributed by atoms with E-state index in [9.17, 15) is 24.3 Å². The van der Waals surface area contributed by atoms with Crippen molar-refractivity contribution in [1.82, 2.24) is 4.90 Å². The van der Waals surface area contributed by atoms with Crippen molar-refractivity contribution in [3.05, 3.63) is 23.8 Å². The van der Waals surface area contributed by atoms with Gasteiger partial charge in [0.25, 0.3) is 5.91 Å². The quantitative estimate of drug-likeness (QED) is 0.253. The van der Waals surface area contributed by atoms with Gasteiger partial charge in [-0.25, -0.2) is 0 Å². The predicted octanol–water partition coefficient (Wildman–Crippen LogP) is 2.56. The lowest BCUT2D eigenvalue weighted by atomic mass is 9.82. The number of benzene rings is 1. The van der Waals surface area contributed by atoms with Crippen LogP contribution >= 0.6 is 0 Å². The fraction of sp³-hybridized carbons (Fsp3) is 0.679. The Morgan fingerprint density at radius 1 is 1.23 bits per heavy atom. The number of amides is 2. The van der Waals surface area contributed by atoms with Crippen LogP contribution in [0.2, 0.25) is 18.6 Å². The molecule has 2 N–H and O–H groups in total. The van der Waals surface area contributed by atoms with E-state index in [4.69, 9.17) is 14.2 Å². The van der Waals surface area contributed by atoms with Crippen LogP contribution in [0, 0.1) is 5.92 Å². The number of hydrogen-bond acceptors (Lipinski definition) is 8. The number of hydrogen-bond donors (Lipinski definition) is 2. The van der Waals surface area contributed by atoms with Crippen molar-refractivity contribution in [2.45, 2.75) is 81.8 Å². The number of carbonyl (C=O) groups is 3. The molecule has 3 aliphatic heterocycles. The Morgan fingerprint density at radius 3 is 2.62 bits per heavy atom. The van der Waals surface area contributed by atoms with Crippen LogP contribution in [-0.2, 0) is 29.5 Å². The molecule has 0 unspecified atom stereocenters. The average molecular weight is 563 g/mol. The summed E-state index contributed by atoms with van der Waals surface area (Å²) in [5.74, 6) is -0.440. The monoisotopic (exact) mass is 562 g/mol. The number of rotatable bonds is 10. The van der Waals surface area contributed by atoms with E-state index in [1.807, 2.05) is 32.2 Å². The summed E-state index contributed by atoms with van der Waals surface area (Å²) in [5.41, 5.74) is -0.344. The molecule has 3 aliphatic rings. The van der Waals surface area contributed by atoms with Crippen LogP contribution in [0.1, 0.15) is 51.0 Å². The largest absolute Gasteiger partial charge is 0.497 e. The SMILES string of the molecule is COC(=O)CCCCN1C(=O)[C@]2(O[C@H](CC(=O)N3CCC[C@H]3CO)[C@@H]([Si](C)(C)O)[C@@H]2C)c2cc(OC)ccc21. The number of carbonyl (C=O) groups excluding carboxylic acids is 3. The van der Waals surface area contributed by atoms with Crippen molar-refractivity contribution in [3.8, 4) is 5.75 Å². The second-order valence-electron chi connectivity index (χ2n) is 11.5. The molecule has 4 rings (SSSR count). The Bertz CT molecular complexity index is 1090. The van der Waals surface area contributed by atoms with Crippen LogP contribution in [0.25, 0.3) is 0 Å². The summed E-state index contributed by atoms with van der Waals surface area (Å²) >= 11 is 0. The van der Waals surface area contributed by atoms with Gasteiger partial charge in [-0.1, -0.05) is 6.92 Å². The van der Waals surface area contributed by atoms with E-state index in [0.717, 1.165) is 12.8 Å². The highest BCUT2D eigenvalue weighted by Crippen LogP contribution is 2.60. The molecule has 11 heteroatoms. The molecule has 0 radical (unpaired) electrons. The van der Waals surface area contributed by atoms with Crippen molar-refractivity contribution in [2.75, 3.05) is 38.8 Å². The van der Waals surface area contributed by atoms with E-state index >= 15 is 0 Å². The molecule has 216 valence electrons. The molecule has 5 atom stereocenters. The fourth-order valence-corrected chi connectivity index (χ4v) is 9.44. The van der Waals surface area contributed by atoms with Gasteiger partial charge in [-0.05, 0) is 57.0 Å². The number of anilines is 1. The summed E-state index contributed by atoms with van der Waals surface area (Å²) < 4.78 is 17.0. The molecular formula is C28H42N2O8Si. The number of ether oxygens (including phenoxy) is 3. The summed E-state index contributed by atoms with van der Waals surface area (Å²) in [6.07, 6.45) is 2.42. The third kappa shape index (κ3) is 5.33. The maximum absolute atomic E-state index is 14.3. The van der Waals surface area contributed by atoms with Crippen LogP contribution < -0.4 is 9.64 Å². The molecule has 10 nitrogen and oxygen atoms in total. The number of nitrogens with zero attached hydrogens (tertiary/aromatic N) is 2. The van der Waals surface area contributed by atoms with Crippen molar-refractivity contribution in [3.63, 3.8) is 0 Å². The van der Waals surface area contributed by atoms with Gasteiger partial charge in [-0.3, -0.25) is 14.4 Å². The van der Waals surface area contributed by atoms with Crippen molar-refractivity contribution in [2.24, 2.45) is 5.92 Å². The average Bonchev–Trinajstić information content (AvgIpc) is 3.56. The Labute approximate surface area is 231 Å². The van der Waals surface area contributed by atoms with E-state index in [-0.39, 0.29) is 48.8 Å². The van der Waals surface area contributed by atoms with Crippen molar-refractivity contribution >= 4 is 31.8 Å². The van der Waals surface area contributed by atoms with Crippen LogP contribution in [0.3, 0.4) is 0 Å². The van der Waals surface area contributed by atoms with Crippen molar-refractivity contribution < 1.29 is 38.5 Å². The Hall–Kier alpha value is -2.47. The smallest absolute Gasteiger partial charge is 0.305 e. The first-order chi connectivity index (χ1) is 18.5. The van der Waals surface area contributed by atoms with Crippen LogP contribution in [-0.4, -0.2) is 87.0 Å². The van der Waals surface area contributed by atoms with Gasteiger partial charge in [0, 0.05) is 36.5 Å².